The van der Waals surface area contributed by atoms with Crippen LogP contribution in [0.4, 0.5) is 0 Å². The van der Waals surface area contributed by atoms with Gasteiger partial charge >= 0.3 is 0 Å². The Balaban J connectivity index is 1.32. The van der Waals surface area contributed by atoms with Crippen molar-refractivity contribution in [2.24, 2.45) is 0 Å². The zero-order valence-corrected chi connectivity index (χ0v) is 31.1. The quantitative estimate of drug-likeness (QED) is 0.104. The average Bonchev–Trinajstić information content (AvgIpc) is 3.49. The molecule has 6 aromatic rings. The normalized spacial score (nSPS) is 12.7. The predicted molar refractivity (Wildman–Crippen MR) is 208 cm³/mol. The van der Waals surface area contributed by atoms with Crippen molar-refractivity contribution in [3.8, 4) is 22.3 Å². The molecule has 0 saturated heterocycles. The number of aromatic amines is 1. The predicted octanol–water partition coefficient (Wildman–Crippen LogP) is 10.3. The first-order chi connectivity index (χ1) is 24.1. The molecule has 51 heavy (non-hydrogen) atoms. The van der Waals surface area contributed by atoms with E-state index in [1.165, 1.54) is 33.4 Å². The number of aryl methyl sites for hydroxylation is 3. The molecular weight excluding hydrogens is 653 g/mol. The van der Waals surface area contributed by atoms with E-state index in [2.05, 4.69) is 125 Å². The minimum Gasteiger partial charge on any atom is -0.341 e. The van der Waals surface area contributed by atoms with E-state index in [0.717, 1.165) is 39.1 Å². The van der Waals surface area contributed by atoms with Gasteiger partial charge in [0.05, 0.1) is 16.8 Å². The minimum atomic E-state index is -4.09. The summed E-state index contributed by atoms with van der Waals surface area (Å²) in [6.45, 7) is 13.1. The number of rotatable bonds is 11. The van der Waals surface area contributed by atoms with Gasteiger partial charge in [0.25, 0.3) is 10.1 Å². The Morgan fingerprint density at radius 3 is 1.96 bits per heavy atom. The third-order valence-electron chi connectivity index (χ3n) is 9.72. The van der Waals surface area contributed by atoms with E-state index in [9.17, 15) is 13.2 Å². The van der Waals surface area contributed by atoms with Crippen molar-refractivity contribution in [3.63, 3.8) is 0 Å². The summed E-state index contributed by atoms with van der Waals surface area (Å²) in [6.07, 6.45) is 0.782. The van der Waals surface area contributed by atoms with Gasteiger partial charge in [0.15, 0.2) is 5.78 Å². The summed E-state index contributed by atoms with van der Waals surface area (Å²) >= 11 is 0. The van der Waals surface area contributed by atoms with Gasteiger partial charge in [-0.3, -0.25) is 9.35 Å². The molecule has 0 radical (unpaired) electrons. The van der Waals surface area contributed by atoms with Crippen LogP contribution in [0.25, 0.3) is 33.3 Å². The third-order valence-corrected chi connectivity index (χ3v) is 10.5. The summed E-state index contributed by atoms with van der Waals surface area (Å²) in [6, 6.07) is 35.9. The van der Waals surface area contributed by atoms with Gasteiger partial charge in [-0.1, -0.05) is 117 Å². The topological polar surface area (TPSA) is 100 Å². The second kappa shape index (κ2) is 14.4. The molecule has 7 heteroatoms. The third kappa shape index (κ3) is 8.55. The maximum absolute atomic E-state index is 12.7. The van der Waals surface area contributed by atoms with Crippen molar-refractivity contribution in [2.75, 3.05) is 5.75 Å². The maximum Gasteiger partial charge on any atom is 0.264 e. The van der Waals surface area contributed by atoms with Gasteiger partial charge in [-0.2, -0.15) is 8.42 Å². The number of nitrogens with zero attached hydrogens (tertiary/aromatic N) is 1. The van der Waals surface area contributed by atoms with Crippen molar-refractivity contribution >= 4 is 26.9 Å². The SMILES string of the molecule is Cc1cc(C)c(-c2ccc3nc(C(Cc4ccc(C(=O)CCCS(=O)(=O)O)cc4)c4ccc(-c5ccc(C(C)(C)C)cc5)cc4)[nH]c3c2)c(C)c1. The average molecular weight is 699 g/mol. The molecule has 2 N–H and O–H groups in total. The molecule has 1 unspecified atom stereocenters. The summed E-state index contributed by atoms with van der Waals surface area (Å²) in [5.41, 5.74) is 14.4. The molecule has 0 bridgehead atoms. The fourth-order valence-corrected chi connectivity index (χ4v) is 7.56. The number of hydrogen-bond acceptors (Lipinski definition) is 4. The highest BCUT2D eigenvalue weighted by Gasteiger charge is 2.21. The number of hydrogen-bond donors (Lipinski definition) is 2. The molecule has 1 atom stereocenters. The first-order valence-corrected chi connectivity index (χ1v) is 19.1. The number of ketones is 1. The number of nitrogens with one attached hydrogen (secondary N) is 1. The number of imidazole rings is 1. The van der Waals surface area contributed by atoms with E-state index in [-0.39, 0.29) is 30.0 Å². The number of H-pyrrole nitrogens is 1. The van der Waals surface area contributed by atoms with Crippen LogP contribution in [0.2, 0.25) is 0 Å². The highest BCUT2D eigenvalue weighted by Crippen LogP contribution is 2.34. The summed E-state index contributed by atoms with van der Waals surface area (Å²) in [5.74, 6) is 0.201. The first-order valence-electron chi connectivity index (χ1n) is 17.5. The second-order valence-corrected chi connectivity index (χ2v) is 16.4. The Hall–Kier alpha value is -4.85. The summed E-state index contributed by atoms with van der Waals surface area (Å²) < 4.78 is 31.2. The molecule has 1 heterocycles. The zero-order chi connectivity index (χ0) is 36.5. The van der Waals surface area contributed by atoms with Crippen LogP contribution < -0.4 is 0 Å². The van der Waals surface area contributed by atoms with Gasteiger partial charge < -0.3 is 4.98 Å². The number of Topliss-reactive ketones (excluding diaryl/α,β-unsaturated/α-hetero) is 1. The van der Waals surface area contributed by atoms with Crippen molar-refractivity contribution in [3.05, 3.63) is 148 Å². The fourth-order valence-electron chi connectivity index (χ4n) is 7.05. The monoisotopic (exact) mass is 698 g/mol. The van der Waals surface area contributed by atoms with Crippen molar-refractivity contribution < 1.29 is 17.8 Å². The van der Waals surface area contributed by atoms with Gasteiger partial charge in [0.2, 0.25) is 0 Å². The number of carbonyl (C=O) groups is 1. The molecular formula is C44H46N2O4S. The molecule has 6 nitrogen and oxygen atoms in total. The highest BCUT2D eigenvalue weighted by atomic mass is 32.2. The van der Waals surface area contributed by atoms with E-state index in [0.29, 0.717) is 12.0 Å². The Morgan fingerprint density at radius 1 is 0.784 bits per heavy atom. The second-order valence-electron chi connectivity index (χ2n) is 14.8. The Bertz CT molecular complexity index is 2270. The minimum absolute atomic E-state index is 0.0512. The number of aromatic nitrogens is 2. The lowest BCUT2D eigenvalue weighted by Gasteiger charge is -2.19. The lowest BCUT2D eigenvalue weighted by Crippen LogP contribution is -2.10. The van der Waals surface area contributed by atoms with Gasteiger partial charge in [-0.25, -0.2) is 4.98 Å². The van der Waals surface area contributed by atoms with E-state index in [1.54, 1.807) is 12.1 Å². The summed E-state index contributed by atoms with van der Waals surface area (Å²) in [4.78, 5) is 21.5. The summed E-state index contributed by atoms with van der Waals surface area (Å²) in [5, 5.41) is 0. The molecule has 0 spiro atoms. The number of fused-ring (bicyclic) bond motifs is 1. The molecule has 0 aliphatic rings. The molecule has 262 valence electrons. The van der Waals surface area contributed by atoms with E-state index >= 15 is 0 Å². The molecule has 0 aliphatic heterocycles. The molecule has 5 aromatic carbocycles. The molecule has 0 aliphatic carbocycles. The van der Waals surface area contributed by atoms with Crippen molar-refractivity contribution in [1.82, 2.24) is 9.97 Å². The number of carbonyl (C=O) groups excluding carboxylic acids is 1. The van der Waals surface area contributed by atoms with Gasteiger partial charge in [-0.15, -0.1) is 0 Å². The first kappa shape index (κ1) is 36.0. The van der Waals surface area contributed by atoms with Crippen LogP contribution in [0.15, 0.2) is 103 Å². The van der Waals surface area contributed by atoms with E-state index in [1.807, 2.05) is 12.1 Å². The van der Waals surface area contributed by atoms with Crippen LogP contribution in [0, 0.1) is 20.8 Å². The molecule has 0 amide bonds. The van der Waals surface area contributed by atoms with Crippen molar-refractivity contribution in [2.45, 2.75) is 72.1 Å². The standard InChI is InChI=1S/C44H46N2O4S/c1-28-24-29(2)42(30(3)25-28)36-19-22-39-40(27-36)46-43(45-39)38(26-31-9-11-35(12-10-31)41(47)8-7-23-51(48,49)50)34-15-13-32(14-16-34)33-17-20-37(21-18-33)44(4,5)6/h9-22,24-25,27,38H,7-8,23,26H2,1-6H3,(H,45,46)(H,48,49,50). The van der Waals surface area contributed by atoms with Crippen LogP contribution in [0.3, 0.4) is 0 Å². The van der Waals surface area contributed by atoms with Crippen molar-refractivity contribution in [1.29, 1.82) is 0 Å². The molecule has 6 rings (SSSR count). The zero-order valence-electron chi connectivity index (χ0n) is 30.2. The summed E-state index contributed by atoms with van der Waals surface area (Å²) in [7, 11) is -4.09. The van der Waals surface area contributed by atoms with Gasteiger partial charge in [0, 0.05) is 17.9 Å². The van der Waals surface area contributed by atoms with E-state index < -0.39 is 15.9 Å². The van der Waals surface area contributed by atoms with E-state index in [4.69, 9.17) is 9.54 Å². The van der Waals surface area contributed by atoms with Gasteiger partial charge in [-0.05, 0) is 101 Å². The molecule has 0 saturated carbocycles. The Kier molecular flexibility index (Phi) is 10.2. The maximum atomic E-state index is 12.7. The molecule has 1 aromatic heterocycles. The molecule has 0 fully saturated rings. The lowest BCUT2D eigenvalue weighted by molar-refractivity contribution is 0.0982. The van der Waals surface area contributed by atoms with Crippen LogP contribution in [0.5, 0.6) is 0 Å². The van der Waals surface area contributed by atoms with Gasteiger partial charge in [0.1, 0.15) is 5.82 Å². The van der Waals surface area contributed by atoms with Crippen LogP contribution in [-0.2, 0) is 22.0 Å². The fraction of sp³-hybridized carbons (Fsp3) is 0.273. The lowest BCUT2D eigenvalue weighted by atomic mass is 9.86. The van der Waals surface area contributed by atoms with Crippen LogP contribution in [-0.4, -0.2) is 34.5 Å². The smallest absolute Gasteiger partial charge is 0.264 e. The van der Waals surface area contributed by atoms with Crippen LogP contribution >= 0.6 is 0 Å². The largest absolute Gasteiger partial charge is 0.341 e. The Morgan fingerprint density at radius 2 is 1.37 bits per heavy atom. The Labute approximate surface area is 301 Å². The number of benzene rings is 5. The highest BCUT2D eigenvalue weighted by molar-refractivity contribution is 7.85. The van der Waals surface area contributed by atoms with Crippen LogP contribution in [0.1, 0.15) is 89.1 Å².